The van der Waals surface area contributed by atoms with Crippen LogP contribution >= 0.6 is 0 Å². The summed E-state index contributed by atoms with van der Waals surface area (Å²) in [5.41, 5.74) is 1.48. The van der Waals surface area contributed by atoms with Crippen LogP contribution in [0.25, 0.3) is 0 Å². The lowest BCUT2D eigenvalue weighted by Crippen LogP contribution is -1.89. The second-order valence-corrected chi connectivity index (χ2v) is 2.84. The van der Waals surface area contributed by atoms with Crippen molar-refractivity contribution in [3.8, 4) is 0 Å². The first-order chi connectivity index (χ1) is 4.70. The number of hydrogen-bond donors (Lipinski definition) is 0. The van der Waals surface area contributed by atoms with Crippen LogP contribution in [0.2, 0.25) is 0 Å². The fraction of sp³-hybridized carbons (Fsp3) is 0.600. The Kier molecular flexibility index (Phi) is 5.00. The predicted octanol–water partition coefficient (Wildman–Crippen LogP) is 3.55. The van der Waals surface area contributed by atoms with E-state index in [4.69, 9.17) is 0 Å². The van der Waals surface area contributed by atoms with Crippen molar-refractivity contribution in [2.45, 2.75) is 34.1 Å². The molecule has 10 heavy (non-hydrogen) atoms. The second kappa shape index (κ2) is 5.28. The summed E-state index contributed by atoms with van der Waals surface area (Å²) in [5, 5.41) is 0. The average molecular weight is 138 g/mol. The van der Waals surface area contributed by atoms with Crippen LogP contribution < -0.4 is 0 Å². The van der Waals surface area contributed by atoms with E-state index in [1.807, 2.05) is 0 Å². The van der Waals surface area contributed by atoms with Gasteiger partial charge in [-0.25, -0.2) is 0 Å². The molecule has 0 saturated carbocycles. The van der Waals surface area contributed by atoms with Crippen molar-refractivity contribution in [3.63, 3.8) is 0 Å². The van der Waals surface area contributed by atoms with Crippen LogP contribution in [-0.4, -0.2) is 0 Å². The molecule has 0 aromatic heterocycles. The third-order valence-corrected chi connectivity index (χ3v) is 1.66. The largest absolute Gasteiger partial charge is 0.0914 e. The quantitative estimate of drug-likeness (QED) is 0.523. The lowest BCUT2D eigenvalue weighted by molar-refractivity contribution is 0.714. The van der Waals surface area contributed by atoms with E-state index in [1.165, 1.54) is 12.0 Å². The molecule has 0 radical (unpaired) electrons. The molecule has 0 nitrogen and oxygen atoms in total. The summed E-state index contributed by atoms with van der Waals surface area (Å²) in [6, 6.07) is 0. The van der Waals surface area contributed by atoms with Gasteiger partial charge in [-0.2, -0.15) is 0 Å². The highest BCUT2D eigenvalue weighted by molar-refractivity contribution is 5.00. The molecule has 0 saturated heterocycles. The van der Waals surface area contributed by atoms with Crippen molar-refractivity contribution in [2.24, 2.45) is 5.92 Å². The highest BCUT2D eigenvalue weighted by Crippen LogP contribution is 2.11. The lowest BCUT2D eigenvalue weighted by atomic mass is 10.0. The van der Waals surface area contributed by atoms with Gasteiger partial charge in [-0.05, 0) is 33.1 Å². The molecule has 0 aliphatic carbocycles. The number of allylic oxidation sites excluding steroid dienone is 4. The Balaban J connectivity index is 3.68. The molecule has 0 spiro atoms. The van der Waals surface area contributed by atoms with Crippen LogP contribution in [0.15, 0.2) is 23.8 Å². The first kappa shape index (κ1) is 9.48. The van der Waals surface area contributed by atoms with Gasteiger partial charge in [0.1, 0.15) is 0 Å². The molecule has 1 atom stereocenters. The maximum atomic E-state index is 2.24. The minimum Gasteiger partial charge on any atom is -0.0914 e. The zero-order chi connectivity index (χ0) is 7.98. The van der Waals surface area contributed by atoms with Crippen LogP contribution in [0.4, 0.5) is 0 Å². The summed E-state index contributed by atoms with van der Waals surface area (Å²) < 4.78 is 0. The fourth-order valence-corrected chi connectivity index (χ4v) is 1.02. The van der Waals surface area contributed by atoms with Crippen LogP contribution in [0.5, 0.6) is 0 Å². The molecule has 0 bridgehead atoms. The van der Waals surface area contributed by atoms with Crippen molar-refractivity contribution >= 4 is 0 Å². The molecular weight excluding hydrogens is 120 g/mol. The second-order valence-electron chi connectivity index (χ2n) is 2.84. The first-order valence-corrected chi connectivity index (χ1v) is 3.95. The van der Waals surface area contributed by atoms with E-state index in [-0.39, 0.29) is 0 Å². The predicted molar refractivity (Wildman–Crippen MR) is 48.0 cm³/mol. The minimum atomic E-state index is 0.696. The molecule has 0 aliphatic heterocycles. The van der Waals surface area contributed by atoms with E-state index in [9.17, 15) is 0 Å². The van der Waals surface area contributed by atoms with E-state index in [0.29, 0.717) is 5.92 Å². The Morgan fingerprint density at radius 3 is 2.40 bits per heavy atom. The van der Waals surface area contributed by atoms with Gasteiger partial charge in [0, 0.05) is 0 Å². The molecule has 0 rings (SSSR count). The Bertz CT molecular complexity index is 129. The summed E-state index contributed by atoms with van der Waals surface area (Å²) >= 11 is 0. The molecule has 0 aromatic rings. The SMILES string of the molecule is C/C=C\C(C)C/C(C)=C\C. The standard InChI is InChI=1S/C10H18/c1-5-7-10(4)8-9(3)6-2/h5-7,10H,8H2,1-4H3/b7-5-,9-6-. The summed E-state index contributed by atoms with van der Waals surface area (Å²) in [6.07, 6.45) is 7.74. The van der Waals surface area contributed by atoms with Gasteiger partial charge in [-0.3, -0.25) is 0 Å². The molecule has 0 N–H and O–H groups in total. The van der Waals surface area contributed by atoms with Crippen molar-refractivity contribution in [3.05, 3.63) is 23.8 Å². The maximum absolute atomic E-state index is 2.24. The van der Waals surface area contributed by atoms with Crippen molar-refractivity contribution in [1.82, 2.24) is 0 Å². The molecule has 1 unspecified atom stereocenters. The summed E-state index contributed by atoms with van der Waals surface area (Å²) in [6.45, 7) is 8.59. The van der Waals surface area contributed by atoms with Crippen molar-refractivity contribution in [2.75, 3.05) is 0 Å². The maximum Gasteiger partial charge on any atom is -0.0225 e. The zero-order valence-corrected chi connectivity index (χ0v) is 7.52. The minimum absolute atomic E-state index is 0.696. The van der Waals surface area contributed by atoms with Crippen LogP contribution in [-0.2, 0) is 0 Å². The lowest BCUT2D eigenvalue weighted by Gasteiger charge is -2.04. The molecule has 0 amide bonds. The molecule has 0 aromatic carbocycles. The third-order valence-electron chi connectivity index (χ3n) is 1.66. The van der Waals surface area contributed by atoms with Gasteiger partial charge in [-0.15, -0.1) is 0 Å². The summed E-state index contributed by atoms with van der Waals surface area (Å²) in [4.78, 5) is 0. The third kappa shape index (κ3) is 4.37. The van der Waals surface area contributed by atoms with E-state index >= 15 is 0 Å². The zero-order valence-electron chi connectivity index (χ0n) is 7.52. The molecule has 0 aliphatic rings. The van der Waals surface area contributed by atoms with Gasteiger partial charge in [-0.1, -0.05) is 30.7 Å². The average Bonchev–Trinajstić information content (AvgIpc) is 1.88. The van der Waals surface area contributed by atoms with E-state index in [1.54, 1.807) is 0 Å². The topological polar surface area (TPSA) is 0 Å². The van der Waals surface area contributed by atoms with Crippen LogP contribution in [0.1, 0.15) is 34.1 Å². The number of hydrogen-bond acceptors (Lipinski definition) is 0. The van der Waals surface area contributed by atoms with Gasteiger partial charge >= 0.3 is 0 Å². The smallest absolute Gasteiger partial charge is 0.0225 e. The molecular formula is C10H18. The van der Waals surface area contributed by atoms with Gasteiger partial charge in [0.2, 0.25) is 0 Å². The van der Waals surface area contributed by atoms with E-state index in [2.05, 4.69) is 45.9 Å². The summed E-state index contributed by atoms with van der Waals surface area (Å²) in [5.74, 6) is 0.696. The Labute approximate surface area is 64.6 Å². The normalized spacial score (nSPS) is 16.2. The van der Waals surface area contributed by atoms with E-state index in [0.717, 1.165) is 0 Å². The Morgan fingerprint density at radius 1 is 1.40 bits per heavy atom. The van der Waals surface area contributed by atoms with Crippen LogP contribution in [0, 0.1) is 5.92 Å². The first-order valence-electron chi connectivity index (χ1n) is 3.95. The Hall–Kier alpha value is -0.520. The molecule has 0 heterocycles. The Morgan fingerprint density at radius 2 is 2.00 bits per heavy atom. The highest BCUT2D eigenvalue weighted by Gasteiger charge is 1.95. The monoisotopic (exact) mass is 138 g/mol. The van der Waals surface area contributed by atoms with Crippen LogP contribution in [0.3, 0.4) is 0 Å². The highest BCUT2D eigenvalue weighted by atomic mass is 14.0. The molecule has 58 valence electrons. The fourth-order valence-electron chi connectivity index (χ4n) is 1.02. The molecule has 0 heteroatoms. The van der Waals surface area contributed by atoms with Crippen molar-refractivity contribution < 1.29 is 0 Å². The van der Waals surface area contributed by atoms with Gasteiger partial charge in [0.15, 0.2) is 0 Å². The van der Waals surface area contributed by atoms with Gasteiger partial charge in [0.25, 0.3) is 0 Å². The number of rotatable bonds is 3. The van der Waals surface area contributed by atoms with E-state index < -0.39 is 0 Å². The van der Waals surface area contributed by atoms with Gasteiger partial charge < -0.3 is 0 Å². The van der Waals surface area contributed by atoms with Gasteiger partial charge in [0.05, 0.1) is 0 Å². The molecule has 0 fully saturated rings. The summed E-state index contributed by atoms with van der Waals surface area (Å²) in [7, 11) is 0. The van der Waals surface area contributed by atoms with Crippen molar-refractivity contribution in [1.29, 1.82) is 0 Å².